The zero-order valence-corrected chi connectivity index (χ0v) is 11.6. The minimum Gasteiger partial charge on any atom is -0.486 e. The standard InChI is InChI=1S/C15H11ClN2O3/c16-10-4-6-11(7-5-10)21-9-13-17-14(15(19)20)12-3-1-2-8-18(12)13/h1-8H,9H2,(H,19,20). The number of carboxylic acid groups (broad SMARTS) is 1. The first-order valence-corrected chi connectivity index (χ1v) is 6.60. The van der Waals surface area contributed by atoms with Gasteiger partial charge in [0.1, 0.15) is 12.4 Å². The van der Waals surface area contributed by atoms with Crippen molar-refractivity contribution in [3.8, 4) is 5.75 Å². The van der Waals surface area contributed by atoms with Crippen LogP contribution in [0.4, 0.5) is 0 Å². The number of ether oxygens (including phenoxy) is 1. The number of pyridine rings is 1. The van der Waals surface area contributed by atoms with Crippen LogP contribution in [0, 0.1) is 0 Å². The van der Waals surface area contributed by atoms with E-state index in [0.29, 0.717) is 22.1 Å². The van der Waals surface area contributed by atoms with Gasteiger partial charge in [-0.2, -0.15) is 0 Å². The van der Waals surface area contributed by atoms with Crippen molar-refractivity contribution < 1.29 is 14.6 Å². The molecule has 5 nitrogen and oxygen atoms in total. The fraction of sp³-hybridized carbons (Fsp3) is 0.0667. The van der Waals surface area contributed by atoms with Crippen LogP contribution in [0.5, 0.6) is 5.75 Å². The lowest BCUT2D eigenvalue weighted by Crippen LogP contribution is -2.01. The van der Waals surface area contributed by atoms with Crippen molar-refractivity contribution in [1.82, 2.24) is 9.38 Å². The number of nitrogens with zero attached hydrogens (tertiary/aromatic N) is 2. The summed E-state index contributed by atoms with van der Waals surface area (Å²) in [5, 5.41) is 9.81. The number of carboxylic acids is 1. The van der Waals surface area contributed by atoms with E-state index in [1.54, 1.807) is 47.0 Å². The van der Waals surface area contributed by atoms with Gasteiger partial charge in [0.2, 0.25) is 0 Å². The third kappa shape index (κ3) is 2.68. The second-order valence-electron chi connectivity index (χ2n) is 4.38. The Kier molecular flexibility index (Phi) is 3.50. The predicted octanol–water partition coefficient (Wildman–Crippen LogP) is 3.26. The molecule has 3 aromatic rings. The molecule has 0 amide bonds. The SMILES string of the molecule is O=C(O)c1nc(COc2ccc(Cl)cc2)n2ccccc12. The second-order valence-corrected chi connectivity index (χ2v) is 4.82. The van der Waals surface area contributed by atoms with Crippen LogP contribution in [0.1, 0.15) is 16.3 Å². The van der Waals surface area contributed by atoms with Crippen molar-refractivity contribution >= 4 is 23.1 Å². The molecule has 2 aromatic heterocycles. The van der Waals surface area contributed by atoms with Crippen molar-refractivity contribution in [2.75, 3.05) is 0 Å². The molecule has 21 heavy (non-hydrogen) atoms. The number of carbonyl (C=O) groups is 1. The summed E-state index contributed by atoms with van der Waals surface area (Å²) in [6.45, 7) is 0.167. The van der Waals surface area contributed by atoms with Gasteiger partial charge in [-0.05, 0) is 36.4 Å². The van der Waals surface area contributed by atoms with Crippen LogP contribution < -0.4 is 4.74 Å². The van der Waals surface area contributed by atoms with Crippen molar-refractivity contribution in [2.24, 2.45) is 0 Å². The summed E-state index contributed by atoms with van der Waals surface area (Å²) in [5.41, 5.74) is 0.560. The van der Waals surface area contributed by atoms with E-state index in [9.17, 15) is 9.90 Å². The summed E-state index contributed by atoms with van der Waals surface area (Å²) in [5.74, 6) is 0.110. The molecule has 6 heteroatoms. The van der Waals surface area contributed by atoms with Gasteiger partial charge < -0.3 is 9.84 Å². The van der Waals surface area contributed by atoms with Gasteiger partial charge in [0.15, 0.2) is 11.5 Å². The zero-order chi connectivity index (χ0) is 14.8. The minimum absolute atomic E-state index is 0.0188. The number of hydrogen-bond acceptors (Lipinski definition) is 3. The molecule has 0 atom stereocenters. The maximum Gasteiger partial charge on any atom is 0.356 e. The summed E-state index contributed by atoms with van der Waals surface area (Å²) in [7, 11) is 0. The lowest BCUT2D eigenvalue weighted by atomic mass is 10.3. The van der Waals surface area contributed by atoms with E-state index in [1.807, 2.05) is 6.07 Å². The fourth-order valence-corrected chi connectivity index (χ4v) is 2.17. The van der Waals surface area contributed by atoms with Gasteiger partial charge in [-0.25, -0.2) is 9.78 Å². The topological polar surface area (TPSA) is 63.8 Å². The fourth-order valence-electron chi connectivity index (χ4n) is 2.04. The lowest BCUT2D eigenvalue weighted by Gasteiger charge is -2.05. The Morgan fingerprint density at radius 3 is 2.71 bits per heavy atom. The van der Waals surface area contributed by atoms with E-state index < -0.39 is 5.97 Å². The van der Waals surface area contributed by atoms with Crippen molar-refractivity contribution in [2.45, 2.75) is 6.61 Å². The number of halogens is 1. The average Bonchev–Trinajstić information content (AvgIpc) is 2.86. The highest BCUT2D eigenvalue weighted by atomic mass is 35.5. The van der Waals surface area contributed by atoms with Gasteiger partial charge >= 0.3 is 5.97 Å². The van der Waals surface area contributed by atoms with Gasteiger partial charge in [0.25, 0.3) is 0 Å². The molecule has 0 saturated heterocycles. The number of fused-ring (bicyclic) bond motifs is 1. The molecule has 3 rings (SSSR count). The zero-order valence-electron chi connectivity index (χ0n) is 10.9. The first kappa shape index (κ1) is 13.5. The number of imidazole rings is 1. The molecular formula is C15H11ClN2O3. The molecule has 0 radical (unpaired) electrons. The predicted molar refractivity (Wildman–Crippen MR) is 77.9 cm³/mol. The summed E-state index contributed by atoms with van der Waals surface area (Å²) in [6, 6.07) is 12.2. The Bertz CT molecular complexity index is 796. The molecule has 1 aromatic carbocycles. The van der Waals surface area contributed by atoms with E-state index in [0.717, 1.165) is 0 Å². The Morgan fingerprint density at radius 2 is 2.00 bits per heavy atom. The lowest BCUT2D eigenvalue weighted by molar-refractivity contribution is 0.0693. The molecule has 0 unspecified atom stereocenters. The van der Waals surface area contributed by atoms with Crippen molar-refractivity contribution in [3.63, 3.8) is 0 Å². The number of rotatable bonds is 4. The molecule has 0 bridgehead atoms. The van der Waals surface area contributed by atoms with Crippen LogP contribution in [0.3, 0.4) is 0 Å². The Labute approximate surface area is 125 Å². The summed E-state index contributed by atoms with van der Waals surface area (Å²) in [4.78, 5) is 15.3. The number of benzene rings is 1. The van der Waals surface area contributed by atoms with Crippen LogP contribution >= 0.6 is 11.6 Å². The highest BCUT2D eigenvalue weighted by Crippen LogP contribution is 2.18. The second kappa shape index (κ2) is 5.46. The van der Waals surface area contributed by atoms with Crippen LogP contribution in [0.15, 0.2) is 48.7 Å². The highest BCUT2D eigenvalue weighted by Gasteiger charge is 2.16. The third-order valence-corrected chi connectivity index (χ3v) is 3.26. The van der Waals surface area contributed by atoms with Crippen LogP contribution in [-0.4, -0.2) is 20.5 Å². The van der Waals surface area contributed by atoms with Gasteiger partial charge in [-0.15, -0.1) is 0 Å². The molecule has 1 N–H and O–H groups in total. The molecule has 106 valence electrons. The maximum absolute atomic E-state index is 11.2. The first-order valence-electron chi connectivity index (χ1n) is 6.23. The largest absolute Gasteiger partial charge is 0.486 e. The molecular weight excluding hydrogens is 292 g/mol. The molecule has 2 heterocycles. The first-order chi connectivity index (χ1) is 10.1. The van der Waals surface area contributed by atoms with E-state index in [1.165, 1.54) is 0 Å². The van der Waals surface area contributed by atoms with E-state index in [2.05, 4.69) is 4.98 Å². The smallest absolute Gasteiger partial charge is 0.356 e. The van der Waals surface area contributed by atoms with Gasteiger partial charge in [0, 0.05) is 11.2 Å². The van der Waals surface area contributed by atoms with Crippen molar-refractivity contribution in [3.05, 3.63) is 65.2 Å². The van der Waals surface area contributed by atoms with Crippen LogP contribution in [0.2, 0.25) is 5.02 Å². The molecule has 0 saturated carbocycles. The number of aromatic nitrogens is 2. The third-order valence-electron chi connectivity index (χ3n) is 3.01. The normalized spacial score (nSPS) is 10.7. The summed E-state index contributed by atoms with van der Waals surface area (Å²) < 4.78 is 7.32. The van der Waals surface area contributed by atoms with Gasteiger partial charge in [-0.3, -0.25) is 4.40 Å². The van der Waals surface area contributed by atoms with E-state index >= 15 is 0 Å². The minimum atomic E-state index is -1.06. The monoisotopic (exact) mass is 302 g/mol. The Morgan fingerprint density at radius 1 is 1.24 bits per heavy atom. The van der Waals surface area contributed by atoms with Gasteiger partial charge in [-0.1, -0.05) is 17.7 Å². The number of aromatic carboxylic acids is 1. The Balaban J connectivity index is 1.90. The molecule has 0 fully saturated rings. The maximum atomic E-state index is 11.2. The van der Waals surface area contributed by atoms with E-state index in [-0.39, 0.29) is 12.3 Å². The van der Waals surface area contributed by atoms with Crippen LogP contribution in [0.25, 0.3) is 5.52 Å². The molecule has 0 spiro atoms. The van der Waals surface area contributed by atoms with E-state index in [4.69, 9.17) is 16.3 Å². The Hall–Kier alpha value is -2.53. The molecule has 0 aliphatic carbocycles. The number of hydrogen-bond donors (Lipinski definition) is 1. The van der Waals surface area contributed by atoms with Gasteiger partial charge in [0.05, 0.1) is 5.52 Å². The highest BCUT2D eigenvalue weighted by molar-refractivity contribution is 6.30. The molecule has 0 aliphatic heterocycles. The van der Waals surface area contributed by atoms with Crippen molar-refractivity contribution in [1.29, 1.82) is 0 Å². The average molecular weight is 303 g/mol. The molecule has 0 aliphatic rings. The summed E-state index contributed by atoms with van der Waals surface area (Å²) >= 11 is 5.81. The quantitative estimate of drug-likeness (QED) is 0.803. The van der Waals surface area contributed by atoms with Crippen LogP contribution in [-0.2, 0) is 6.61 Å². The summed E-state index contributed by atoms with van der Waals surface area (Å²) in [6.07, 6.45) is 1.76.